The van der Waals surface area contributed by atoms with Crippen LogP contribution in [0.25, 0.3) is 11.4 Å². The lowest BCUT2D eigenvalue weighted by Gasteiger charge is -2.07. The van der Waals surface area contributed by atoms with Crippen molar-refractivity contribution in [2.45, 2.75) is 25.0 Å². The molecular weight excluding hydrogens is 354 g/mol. The minimum atomic E-state index is 0.0117. The summed E-state index contributed by atoms with van der Waals surface area (Å²) >= 11 is 3.12. The molecule has 0 saturated heterocycles. The van der Waals surface area contributed by atoms with E-state index in [4.69, 9.17) is 0 Å². The number of pyridine rings is 1. The molecule has 8 heteroatoms. The summed E-state index contributed by atoms with van der Waals surface area (Å²) in [7, 11) is 0. The van der Waals surface area contributed by atoms with E-state index in [1.54, 1.807) is 23.7 Å². The van der Waals surface area contributed by atoms with Crippen LogP contribution in [0, 0.1) is 0 Å². The Morgan fingerprint density at radius 2 is 2.12 bits per heavy atom. The number of hydrogen-bond donors (Lipinski definition) is 1. The highest BCUT2D eigenvalue weighted by Gasteiger charge is 2.14. The highest BCUT2D eigenvalue weighted by atomic mass is 32.2. The molecule has 0 saturated carbocycles. The van der Waals surface area contributed by atoms with Crippen LogP contribution in [0.1, 0.15) is 11.8 Å². The molecule has 6 nitrogen and oxygen atoms in total. The van der Waals surface area contributed by atoms with E-state index in [1.807, 2.05) is 35.1 Å². The summed E-state index contributed by atoms with van der Waals surface area (Å²) in [5.41, 5.74) is 0.969. The molecule has 1 amide bonds. The fraction of sp³-hybridized carbons (Fsp3) is 0.294. The number of thioether (sulfide) groups is 1. The molecule has 3 aromatic rings. The zero-order valence-corrected chi connectivity index (χ0v) is 15.5. The molecular formula is C17H19N5OS2. The normalized spacial score (nSPS) is 10.8. The Hall–Kier alpha value is -2.19. The monoisotopic (exact) mass is 373 g/mol. The van der Waals surface area contributed by atoms with E-state index >= 15 is 0 Å². The number of amides is 1. The SMILES string of the molecule is CCn1c(SCC(=O)NCCc2cccs2)nnc1-c1ccncc1. The second kappa shape index (κ2) is 8.77. The maximum absolute atomic E-state index is 12.0. The van der Waals surface area contributed by atoms with Gasteiger partial charge < -0.3 is 9.88 Å². The van der Waals surface area contributed by atoms with Gasteiger partial charge >= 0.3 is 0 Å². The van der Waals surface area contributed by atoms with Gasteiger partial charge in [0, 0.05) is 35.9 Å². The number of rotatable bonds is 8. The summed E-state index contributed by atoms with van der Waals surface area (Å²) in [5, 5.41) is 14.2. The molecule has 0 aliphatic heterocycles. The summed E-state index contributed by atoms with van der Waals surface area (Å²) in [6.07, 6.45) is 4.33. The molecule has 3 heterocycles. The minimum Gasteiger partial charge on any atom is -0.355 e. The third-order valence-electron chi connectivity index (χ3n) is 3.58. The predicted octanol–water partition coefficient (Wildman–Crippen LogP) is 2.87. The molecule has 0 unspecified atom stereocenters. The van der Waals surface area contributed by atoms with Gasteiger partial charge in [0.15, 0.2) is 11.0 Å². The molecule has 0 spiro atoms. The van der Waals surface area contributed by atoms with Crippen LogP contribution in [0.4, 0.5) is 0 Å². The van der Waals surface area contributed by atoms with Crippen molar-refractivity contribution < 1.29 is 4.79 Å². The largest absolute Gasteiger partial charge is 0.355 e. The Labute approximate surface area is 154 Å². The highest BCUT2D eigenvalue weighted by Crippen LogP contribution is 2.23. The molecule has 0 atom stereocenters. The van der Waals surface area contributed by atoms with Crippen LogP contribution in [-0.2, 0) is 17.8 Å². The van der Waals surface area contributed by atoms with E-state index in [9.17, 15) is 4.79 Å². The second-order valence-corrected chi connectivity index (χ2v) is 7.23. The molecule has 0 aromatic carbocycles. The molecule has 3 rings (SSSR count). The van der Waals surface area contributed by atoms with Crippen LogP contribution >= 0.6 is 23.1 Å². The maximum Gasteiger partial charge on any atom is 0.230 e. The quantitative estimate of drug-likeness (QED) is 0.615. The third kappa shape index (κ3) is 4.67. The fourth-order valence-corrected chi connectivity index (χ4v) is 3.90. The first-order chi connectivity index (χ1) is 12.3. The average Bonchev–Trinajstić information content (AvgIpc) is 3.30. The van der Waals surface area contributed by atoms with Crippen LogP contribution in [0.2, 0.25) is 0 Å². The van der Waals surface area contributed by atoms with Gasteiger partial charge in [-0.05, 0) is 36.9 Å². The van der Waals surface area contributed by atoms with Crippen LogP contribution in [-0.4, -0.2) is 38.0 Å². The van der Waals surface area contributed by atoms with Gasteiger partial charge in [-0.3, -0.25) is 9.78 Å². The summed E-state index contributed by atoms with van der Waals surface area (Å²) in [6, 6.07) is 7.91. The number of carbonyl (C=O) groups excluding carboxylic acids is 1. The topological polar surface area (TPSA) is 72.7 Å². The van der Waals surface area contributed by atoms with Gasteiger partial charge in [0.25, 0.3) is 0 Å². The first-order valence-electron chi connectivity index (χ1n) is 8.03. The Morgan fingerprint density at radius 3 is 2.84 bits per heavy atom. The van der Waals surface area contributed by atoms with Crippen molar-refractivity contribution in [3.8, 4) is 11.4 Å². The fourth-order valence-electron chi connectivity index (χ4n) is 2.36. The maximum atomic E-state index is 12.0. The second-order valence-electron chi connectivity index (χ2n) is 5.25. The lowest BCUT2D eigenvalue weighted by molar-refractivity contribution is -0.118. The van der Waals surface area contributed by atoms with Crippen molar-refractivity contribution in [1.82, 2.24) is 25.1 Å². The van der Waals surface area contributed by atoms with Gasteiger partial charge in [-0.2, -0.15) is 0 Å². The Morgan fingerprint density at radius 1 is 1.28 bits per heavy atom. The molecule has 130 valence electrons. The summed E-state index contributed by atoms with van der Waals surface area (Å²) in [6.45, 7) is 3.44. The van der Waals surface area contributed by atoms with Crippen molar-refractivity contribution in [1.29, 1.82) is 0 Å². The third-order valence-corrected chi connectivity index (χ3v) is 5.48. The van der Waals surface area contributed by atoms with Gasteiger partial charge in [-0.15, -0.1) is 21.5 Å². The number of carbonyl (C=O) groups is 1. The lowest BCUT2D eigenvalue weighted by Crippen LogP contribution is -2.27. The smallest absolute Gasteiger partial charge is 0.230 e. The van der Waals surface area contributed by atoms with Crippen molar-refractivity contribution in [2.75, 3.05) is 12.3 Å². The molecule has 0 bridgehead atoms. The van der Waals surface area contributed by atoms with Crippen molar-refractivity contribution in [3.63, 3.8) is 0 Å². The van der Waals surface area contributed by atoms with Gasteiger partial charge in [0.05, 0.1) is 5.75 Å². The molecule has 0 aliphatic rings. The van der Waals surface area contributed by atoms with Crippen LogP contribution in [0.15, 0.2) is 47.2 Å². The van der Waals surface area contributed by atoms with E-state index in [0.29, 0.717) is 12.3 Å². The number of thiophene rings is 1. The zero-order chi connectivity index (χ0) is 17.5. The zero-order valence-electron chi connectivity index (χ0n) is 13.9. The van der Waals surface area contributed by atoms with E-state index in [0.717, 1.165) is 29.5 Å². The molecule has 1 N–H and O–H groups in total. The van der Waals surface area contributed by atoms with Crippen LogP contribution in [0.3, 0.4) is 0 Å². The van der Waals surface area contributed by atoms with Crippen molar-refractivity contribution in [2.24, 2.45) is 0 Å². The number of aromatic nitrogens is 4. The number of nitrogens with one attached hydrogen (secondary N) is 1. The molecule has 0 radical (unpaired) electrons. The lowest BCUT2D eigenvalue weighted by atomic mass is 10.2. The van der Waals surface area contributed by atoms with E-state index in [2.05, 4.69) is 26.6 Å². The number of hydrogen-bond acceptors (Lipinski definition) is 6. The highest BCUT2D eigenvalue weighted by molar-refractivity contribution is 7.99. The Balaban J connectivity index is 1.54. The predicted molar refractivity (Wildman–Crippen MR) is 101 cm³/mol. The molecule has 3 aromatic heterocycles. The van der Waals surface area contributed by atoms with E-state index in [1.165, 1.54) is 16.6 Å². The minimum absolute atomic E-state index is 0.0117. The van der Waals surface area contributed by atoms with E-state index in [-0.39, 0.29) is 5.91 Å². The molecule has 0 aliphatic carbocycles. The van der Waals surface area contributed by atoms with Gasteiger partial charge in [0.2, 0.25) is 5.91 Å². The Kier molecular flexibility index (Phi) is 6.19. The van der Waals surface area contributed by atoms with Crippen LogP contribution in [0.5, 0.6) is 0 Å². The van der Waals surface area contributed by atoms with E-state index < -0.39 is 0 Å². The summed E-state index contributed by atoms with van der Waals surface area (Å²) in [4.78, 5) is 17.3. The first kappa shape index (κ1) is 17.6. The van der Waals surface area contributed by atoms with Gasteiger partial charge in [-0.1, -0.05) is 17.8 Å². The average molecular weight is 374 g/mol. The van der Waals surface area contributed by atoms with Crippen LogP contribution < -0.4 is 5.32 Å². The standard InChI is InChI=1S/C17H19N5OS2/c1-2-22-16(13-5-8-18-9-6-13)20-21-17(22)25-12-15(23)19-10-7-14-4-3-11-24-14/h3-6,8-9,11H,2,7,10,12H2,1H3,(H,19,23). The summed E-state index contributed by atoms with van der Waals surface area (Å²) in [5.74, 6) is 1.14. The van der Waals surface area contributed by atoms with Crippen molar-refractivity contribution >= 4 is 29.0 Å². The first-order valence-corrected chi connectivity index (χ1v) is 9.90. The molecule has 25 heavy (non-hydrogen) atoms. The van der Waals surface area contributed by atoms with Crippen molar-refractivity contribution in [3.05, 3.63) is 46.9 Å². The molecule has 0 fully saturated rings. The number of nitrogens with zero attached hydrogens (tertiary/aromatic N) is 4. The van der Waals surface area contributed by atoms with Gasteiger partial charge in [0.1, 0.15) is 0 Å². The summed E-state index contributed by atoms with van der Waals surface area (Å²) < 4.78 is 2.01. The van der Waals surface area contributed by atoms with Gasteiger partial charge in [-0.25, -0.2) is 0 Å². The Bertz CT molecular complexity index is 802.